The first-order chi connectivity index (χ1) is 15.4. The van der Waals surface area contributed by atoms with Crippen LogP contribution in [-0.4, -0.2) is 30.0 Å². The van der Waals surface area contributed by atoms with E-state index in [1.54, 1.807) is 47.6 Å². The largest absolute Gasteiger partial charge is 0.284 e. The number of benzene rings is 2. The van der Waals surface area contributed by atoms with Crippen molar-refractivity contribution in [3.8, 4) is 0 Å². The van der Waals surface area contributed by atoms with Crippen LogP contribution in [-0.2, 0) is 21.2 Å². The van der Waals surface area contributed by atoms with Crippen molar-refractivity contribution >= 4 is 58.4 Å². The Morgan fingerprint density at radius 1 is 1.03 bits per heavy atom. The number of aromatic nitrogens is 2. The van der Waals surface area contributed by atoms with Crippen molar-refractivity contribution < 1.29 is 13.2 Å². The molecule has 0 aliphatic rings. The Balaban J connectivity index is 1.53. The maximum absolute atomic E-state index is 13.2. The van der Waals surface area contributed by atoms with Crippen LogP contribution in [0.2, 0.25) is 0 Å². The summed E-state index contributed by atoms with van der Waals surface area (Å²) in [6.07, 6.45) is 3.70. The average molecular weight is 530 g/mol. The minimum atomic E-state index is -3.43. The highest BCUT2D eigenvalue weighted by atomic mass is 79.9. The molecule has 0 bridgehead atoms. The smallest absolute Gasteiger partial charge is 0.229 e. The molecule has 0 aliphatic carbocycles. The van der Waals surface area contributed by atoms with Gasteiger partial charge in [-0.15, -0.1) is 0 Å². The fourth-order valence-corrected chi connectivity index (χ4v) is 6.09. The van der Waals surface area contributed by atoms with Crippen LogP contribution in [0.15, 0.2) is 82.4 Å². The third kappa shape index (κ3) is 5.40. The highest BCUT2D eigenvalue weighted by molar-refractivity contribution is 9.10. The second-order valence-electron chi connectivity index (χ2n) is 7.18. The molecule has 0 atom stereocenters. The average Bonchev–Trinajstić information content (AvgIpc) is 3.21. The lowest BCUT2D eigenvalue weighted by molar-refractivity contribution is -0.118. The zero-order valence-corrected chi connectivity index (χ0v) is 20.2. The zero-order valence-electron chi connectivity index (χ0n) is 17.0. The van der Waals surface area contributed by atoms with Crippen LogP contribution in [0.1, 0.15) is 18.4 Å². The number of pyridine rings is 1. The Labute approximate surface area is 199 Å². The molecule has 2 aromatic carbocycles. The standard InChI is InChI=1S/C23H20BrN3O3S2/c24-18-8-9-20-21(15-18)31-23(26-20)27(16-17-10-12-25-13-11-17)22(28)7-4-14-32(29,30)19-5-2-1-3-6-19/h1-3,5-6,8-13,15H,4,7,14,16H2. The zero-order chi connectivity index (χ0) is 22.6. The van der Waals surface area contributed by atoms with Gasteiger partial charge in [0, 0.05) is 23.3 Å². The van der Waals surface area contributed by atoms with Gasteiger partial charge in [0.25, 0.3) is 0 Å². The Morgan fingerprint density at radius 2 is 1.78 bits per heavy atom. The summed E-state index contributed by atoms with van der Waals surface area (Å²) < 4.78 is 27.0. The molecule has 0 saturated heterocycles. The number of anilines is 1. The monoisotopic (exact) mass is 529 g/mol. The molecule has 4 aromatic rings. The van der Waals surface area contributed by atoms with Gasteiger partial charge in [0.15, 0.2) is 15.0 Å². The molecule has 0 N–H and O–H groups in total. The molecule has 2 heterocycles. The molecule has 0 unspecified atom stereocenters. The van der Waals surface area contributed by atoms with E-state index in [9.17, 15) is 13.2 Å². The van der Waals surface area contributed by atoms with Crippen molar-refractivity contribution in [1.29, 1.82) is 0 Å². The van der Waals surface area contributed by atoms with E-state index in [0.717, 1.165) is 20.3 Å². The van der Waals surface area contributed by atoms with Crippen molar-refractivity contribution in [3.63, 3.8) is 0 Å². The third-order valence-corrected chi connectivity index (χ3v) is 8.22. The number of sulfone groups is 1. The summed E-state index contributed by atoms with van der Waals surface area (Å²) in [5.74, 6) is -0.248. The third-order valence-electron chi connectivity index (χ3n) is 4.87. The number of carbonyl (C=O) groups is 1. The molecule has 2 aromatic heterocycles. The highest BCUT2D eigenvalue weighted by Crippen LogP contribution is 2.32. The van der Waals surface area contributed by atoms with E-state index in [0.29, 0.717) is 11.7 Å². The van der Waals surface area contributed by atoms with E-state index in [1.165, 1.54) is 11.3 Å². The lowest BCUT2D eigenvalue weighted by Gasteiger charge is -2.20. The van der Waals surface area contributed by atoms with Gasteiger partial charge in [0.2, 0.25) is 5.91 Å². The maximum Gasteiger partial charge on any atom is 0.229 e. The lowest BCUT2D eigenvalue weighted by atomic mass is 10.2. The van der Waals surface area contributed by atoms with Crippen LogP contribution in [0.4, 0.5) is 5.13 Å². The molecule has 9 heteroatoms. The molecule has 0 fully saturated rings. The first kappa shape index (κ1) is 22.6. The van der Waals surface area contributed by atoms with Gasteiger partial charge in [-0.3, -0.25) is 14.7 Å². The Hall–Kier alpha value is -2.62. The molecule has 32 heavy (non-hydrogen) atoms. The molecule has 0 spiro atoms. The van der Waals surface area contributed by atoms with E-state index in [4.69, 9.17) is 0 Å². The van der Waals surface area contributed by atoms with Gasteiger partial charge in [-0.05, 0) is 54.4 Å². The maximum atomic E-state index is 13.2. The second kappa shape index (κ2) is 9.89. The van der Waals surface area contributed by atoms with Gasteiger partial charge in [-0.1, -0.05) is 45.5 Å². The van der Waals surface area contributed by atoms with Crippen molar-refractivity contribution in [2.75, 3.05) is 10.7 Å². The number of halogens is 1. The predicted molar refractivity (Wildman–Crippen MR) is 130 cm³/mol. The normalized spacial score (nSPS) is 11.5. The van der Waals surface area contributed by atoms with Gasteiger partial charge >= 0.3 is 0 Å². The van der Waals surface area contributed by atoms with Gasteiger partial charge in [0.1, 0.15) is 0 Å². The lowest BCUT2D eigenvalue weighted by Crippen LogP contribution is -2.30. The summed E-state index contributed by atoms with van der Waals surface area (Å²) in [6.45, 7) is 0.341. The van der Waals surface area contributed by atoms with Crippen LogP contribution in [0, 0.1) is 0 Å². The Morgan fingerprint density at radius 3 is 2.53 bits per heavy atom. The summed E-state index contributed by atoms with van der Waals surface area (Å²) in [7, 11) is -3.43. The number of amides is 1. The number of rotatable bonds is 8. The molecular weight excluding hydrogens is 510 g/mol. The number of fused-ring (bicyclic) bond motifs is 1. The molecule has 4 rings (SSSR count). The molecule has 6 nitrogen and oxygen atoms in total. The molecule has 164 valence electrons. The first-order valence-corrected chi connectivity index (χ1v) is 13.2. The van der Waals surface area contributed by atoms with Gasteiger partial charge in [0.05, 0.1) is 27.4 Å². The number of carbonyl (C=O) groups excluding carboxylic acids is 1. The molecule has 1 amide bonds. The van der Waals surface area contributed by atoms with Crippen LogP contribution in [0.5, 0.6) is 0 Å². The molecule has 0 aliphatic heterocycles. The van der Waals surface area contributed by atoms with E-state index in [1.807, 2.05) is 30.3 Å². The summed E-state index contributed by atoms with van der Waals surface area (Å²) >= 11 is 4.90. The highest BCUT2D eigenvalue weighted by Gasteiger charge is 2.22. The van der Waals surface area contributed by atoms with Crippen LogP contribution < -0.4 is 4.90 Å². The van der Waals surface area contributed by atoms with E-state index >= 15 is 0 Å². The Bertz CT molecular complexity index is 1330. The number of thiazole rings is 1. The molecule has 0 radical (unpaired) electrons. The molecule has 0 saturated carbocycles. The van der Waals surface area contributed by atoms with Gasteiger partial charge in [-0.2, -0.15) is 0 Å². The minimum Gasteiger partial charge on any atom is -0.284 e. The Kier molecular flexibility index (Phi) is 6.98. The fraction of sp³-hybridized carbons (Fsp3) is 0.174. The minimum absolute atomic E-state index is 0.0847. The predicted octanol–water partition coefficient (Wildman–Crippen LogP) is 5.24. The van der Waals surface area contributed by atoms with Crippen LogP contribution >= 0.6 is 27.3 Å². The van der Waals surface area contributed by atoms with Gasteiger partial charge < -0.3 is 0 Å². The quantitative estimate of drug-likeness (QED) is 0.311. The number of hydrogen-bond donors (Lipinski definition) is 0. The summed E-state index contributed by atoms with van der Waals surface area (Å²) in [5, 5.41) is 0.589. The van der Waals surface area contributed by atoms with E-state index in [-0.39, 0.29) is 29.4 Å². The molecular formula is C23H20BrN3O3S2. The van der Waals surface area contributed by atoms with Crippen molar-refractivity contribution in [1.82, 2.24) is 9.97 Å². The van der Waals surface area contributed by atoms with Gasteiger partial charge in [-0.25, -0.2) is 13.4 Å². The van der Waals surface area contributed by atoms with E-state index in [2.05, 4.69) is 25.9 Å². The van der Waals surface area contributed by atoms with Crippen molar-refractivity contribution in [2.24, 2.45) is 0 Å². The summed E-state index contributed by atoms with van der Waals surface area (Å²) in [4.78, 5) is 23.8. The summed E-state index contributed by atoms with van der Waals surface area (Å²) in [5.41, 5.74) is 1.73. The fourth-order valence-electron chi connectivity index (χ4n) is 3.23. The van der Waals surface area contributed by atoms with Crippen molar-refractivity contribution in [3.05, 3.63) is 83.1 Å². The van der Waals surface area contributed by atoms with Crippen LogP contribution in [0.25, 0.3) is 10.2 Å². The first-order valence-electron chi connectivity index (χ1n) is 9.95. The summed E-state index contributed by atoms with van der Waals surface area (Å²) in [6, 6.07) is 17.8. The van der Waals surface area contributed by atoms with E-state index < -0.39 is 9.84 Å². The van der Waals surface area contributed by atoms with Crippen molar-refractivity contribution in [2.45, 2.75) is 24.3 Å². The second-order valence-corrected chi connectivity index (χ2v) is 11.2. The number of hydrogen-bond acceptors (Lipinski definition) is 6. The number of nitrogens with zero attached hydrogens (tertiary/aromatic N) is 3. The van der Waals surface area contributed by atoms with Crippen LogP contribution in [0.3, 0.4) is 0 Å². The topological polar surface area (TPSA) is 80.2 Å². The SMILES string of the molecule is O=C(CCCS(=O)(=O)c1ccccc1)N(Cc1ccncc1)c1nc2ccc(Br)cc2s1.